The third kappa shape index (κ3) is 34.5. The van der Waals surface area contributed by atoms with Crippen molar-refractivity contribution in [1.82, 2.24) is 0 Å². The van der Waals surface area contributed by atoms with Crippen LogP contribution in [0.4, 0.5) is 0 Å². The third-order valence-electron chi connectivity index (χ3n) is 3.94. The molecule has 208 valence electrons. The molecular formula is C25H31Br3Na2O8S. The Hall–Kier alpha value is 0.360. The molecule has 0 atom stereocenters. The molecule has 0 saturated carbocycles. The van der Waals surface area contributed by atoms with Crippen LogP contribution in [0, 0.1) is 13.8 Å². The van der Waals surface area contributed by atoms with Crippen LogP contribution in [-0.4, -0.2) is 34.2 Å². The van der Waals surface area contributed by atoms with E-state index < -0.39 is 16.9 Å². The predicted octanol–water partition coefficient (Wildman–Crippen LogP) is -4.82. The van der Waals surface area contributed by atoms with E-state index in [0.29, 0.717) is 0 Å². The van der Waals surface area contributed by atoms with Crippen molar-refractivity contribution in [2.45, 2.75) is 37.7 Å². The van der Waals surface area contributed by atoms with Crippen LogP contribution in [0.15, 0.2) is 72.8 Å². The monoisotopic (exact) mass is 774 g/mol. The van der Waals surface area contributed by atoms with Crippen molar-refractivity contribution in [2.24, 2.45) is 0 Å². The molecule has 0 spiro atoms. The molecule has 0 heterocycles. The number of carbonyl (C=O) groups is 1. The van der Waals surface area contributed by atoms with Gasteiger partial charge in [0.2, 0.25) is 0 Å². The average molecular weight is 777 g/mol. The van der Waals surface area contributed by atoms with Gasteiger partial charge in [-0.15, -0.1) is 0 Å². The van der Waals surface area contributed by atoms with Gasteiger partial charge in [-0.1, -0.05) is 116 Å². The molecule has 39 heavy (non-hydrogen) atoms. The molecule has 3 rings (SSSR count). The largest absolute Gasteiger partial charge is 1.00 e. The molecule has 0 saturated heterocycles. The van der Waals surface area contributed by atoms with E-state index >= 15 is 0 Å². The van der Waals surface area contributed by atoms with Gasteiger partial charge in [0.25, 0.3) is 0 Å². The first kappa shape index (κ1) is 49.1. The van der Waals surface area contributed by atoms with Gasteiger partial charge in [-0.05, 0) is 36.1 Å². The summed E-state index contributed by atoms with van der Waals surface area (Å²) < 4.78 is 31.6. The molecule has 0 unspecified atom stereocenters. The third-order valence-corrected chi connectivity index (χ3v) is 5.23. The second kappa shape index (κ2) is 31.3. The summed E-state index contributed by atoms with van der Waals surface area (Å²) in [5.41, 5.74) is 7.05. The molecule has 0 aliphatic carbocycles. The minimum atomic E-state index is -4.67. The fraction of sp³-hybridized carbons (Fsp3) is 0.240. The summed E-state index contributed by atoms with van der Waals surface area (Å²) in [6, 6.07) is 24.2. The summed E-state index contributed by atoms with van der Waals surface area (Å²) in [5.74, 6) is 0. The van der Waals surface area contributed by atoms with Gasteiger partial charge in [0.1, 0.15) is 0 Å². The molecule has 0 amide bonds. The predicted molar refractivity (Wildman–Crippen MR) is 146 cm³/mol. The number of halogens is 3. The van der Waals surface area contributed by atoms with Crippen LogP contribution in [-0.2, 0) is 39.1 Å². The average Bonchev–Trinajstić information content (AvgIpc) is 2.86. The summed E-state index contributed by atoms with van der Waals surface area (Å²) in [6.45, 7) is 3.82. The van der Waals surface area contributed by atoms with E-state index in [0.717, 1.165) is 21.8 Å². The number of hydrogen-bond donors (Lipinski definition) is 4. The quantitative estimate of drug-likeness (QED) is 0.0892. The summed E-state index contributed by atoms with van der Waals surface area (Å²) in [4.78, 5) is 8.25. The minimum Gasteiger partial charge on any atom is -1.00 e. The number of carbonyl (C=O) groups excluding carboxylic acids is 1. The number of carboxylic acid groups (broad SMARTS) is 1. The van der Waals surface area contributed by atoms with E-state index in [1.54, 1.807) is 24.3 Å². The van der Waals surface area contributed by atoms with Crippen LogP contribution in [0.5, 0.6) is 0 Å². The zero-order valence-electron chi connectivity index (χ0n) is 22.3. The number of aliphatic hydroxyl groups is 2. The Labute approximate surface area is 302 Å². The van der Waals surface area contributed by atoms with Crippen molar-refractivity contribution >= 4 is 48.7 Å². The van der Waals surface area contributed by atoms with Crippen molar-refractivity contribution in [3.63, 3.8) is 0 Å². The Kier molecular flexibility index (Phi) is 39.4. The Morgan fingerprint density at radius 3 is 1.00 bits per heavy atom. The first-order chi connectivity index (χ1) is 16.9. The van der Waals surface area contributed by atoms with Gasteiger partial charge in [0, 0.05) is 17.1 Å². The van der Waals surface area contributed by atoms with Gasteiger partial charge in [-0.3, -0.25) is 9.11 Å². The summed E-state index contributed by atoms with van der Waals surface area (Å²) >= 11 is 6.78. The molecule has 3 aromatic rings. The Morgan fingerprint density at radius 1 is 0.667 bits per heavy atom. The van der Waals surface area contributed by atoms with E-state index in [2.05, 4.69) is 94.2 Å². The molecule has 0 aromatic heterocycles. The maximum absolute atomic E-state index is 8.74. The van der Waals surface area contributed by atoms with Crippen LogP contribution in [0.3, 0.4) is 0 Å². The number of rotatable bonds is 4. The van der Waals surface area contributed by atoms with E-state index in [4.69, 9.17) is 37.6 Å². The number of aliphatic hydroxyl groups excluding tert-OH is 2. The SMILES string of the molecule is BrCc1ccc(CBr)cc1.Cc1ccc(C)cc1.O=C[O-].O=S(=O)(O)O.OCc1ccc(CO)cc1.[Br-].[Na+].[Na+]. The van der Waals surface area contributed by atoms with Crippen molar-refractivity contribution in [1.29, 1.82) is 0 Å². The molecule has 4 N–H and O–H groups in total. The van der Waals surface area contributed by atoms with Gasteiger partial charge in [0.05, 0.1) is 13.2 Å². The van der Waals surface area contributed by atoms with Gasteiger partial charge in [-0.25, -0.2) is 0 Å². The fourth-order valence-electron chi connectivity index (χ4n) is 2.10. The summed E-state index contributed by atoms with van der Waals surface area (Å²) in [5, 5.41) is 27.4. The van der Waals surface area contributed by atoms with E-state index in [1.807, 2.05) is 0 Å². The molecule has 3 aromatic carbocycles. The maximum atomic E-state index is 8.74. The van der Waals surface area contributed by atoms with Crippen LogP contribution < -0.4 is 81.2 Å². The molecule has 0 bridgehead atoms. The smallest absolute Gasteiger partial charge is 1.00 e. The van der Waals surface area contributed by atoms with E-state index in [-0.39, 0.29) is 89.3 Å². The standard InChI is InChI=1S/C8H8Br2.C8H10O2.C8H10.CH2O2.BrH.2Na.H2O4S/c2*9-5-7-1-2-8(6-10)4-3-7;1-7-3-5-8(2)6-4-7;2-1-3;;;;1-5(2,3)4/h1-4H,5-6H2;1-4,9-10H,5-6H2;3-6H,1-2H3;1H,(H,2,3);1H;;;(H2,1,2,3,4)/q;;;;;2*+1;/p-2. The van der Waals surface area contributed by atoms with E-state index in [9.17, 15) is 0 Å². The van der Waals surface area contributed by atoms with E-state index in [1.165, 1.54) is 22.3 Å². The Morgan fingerprint density at radius 2 is 0.846 bits per heavy atom. The molecule has 0 aliphatic rings. The van der Waals surface area contributed by atoms with Crippen molar-refractivity contribution in [3.05, 3.63) is 106 Å². The Balaban J connectivity index is -0.000000127. The van der Waals surface area contributed by atoms with Crippen LogP contribution in [0.1, 0.15) is 33.4 Å². The summed E-state index contributed by atoms with van der Waals surface area (Å²) in [6.07, 6.45) is 0. The molecule has 0 aliphatic heterocycles. The minimum absolute atomic E-state index is 0. The molecule has 14 heteroatoms. The first-order valence-electron chi connectivity index (χ1n) is 10.2. The van der Waals surface area contributed by atoms with Crippen LogP contribution in [0.25, 0.3) is 0 Å². The van der Waals surface area contributed by atoms with Crippen molar-refractivity contribution in [3.8, 4) is 0 Å². The van der Waals surface area contributed by atoms with Crippen LogP contribution in [0.2, 0.25) is 0 Å². The zero-order chi connectivity index (χ0) is 28.0. The topological polar surface area (TPSA) is 155 Å². The van der Waals surface area contributed by atoms with Gasteiger partial charge in [-0.2, -0.15) is 8.42 Å². The normalized spacial score (nSPS) is 8.72. The number of alkyl halides is 2. The van der Waals surface area contributed by atoms with Gasteiger partial charge in [0.15, 0.2) is 0 Å². The van der Waals surface area contributed by atoms with Crippen molar-refractivity contribution < 1.29 is 114 Å². The molecule has 8 nitrogen and oxygen atoms in total. The van der Waals surface area contributed by atoms with Crippen LogP contribution >= 0.6 is 31.9 Å². The maximum Gasteiger partial charge on any atom is 1.00 e. The molecule has 0 fully saturated rings. The number of benzene rings is 3. The number of hydrogen-bond acceptors (Lipinski definition) is 6. The Bertz CT molecular complexity index is 934. The fourth-order valence-corrected chi connectivity index (χ4v) is 2.85. The second-order valence-corrected chi connectivity index (χ2v) is 8.93. The molecule has 0 radical (unpaired) electrons. The van der Waals surface area contributed by atoms with Gasteiger partial charge >= 0.3 is 69.5 Å². The van der Waals surface area contributed by atoms with Crippen molar-refractivity contribution in [2.75, 3.05) is 0 Å². The second-order valence-electron chi connectivity index (χ2n) is 6.92. The zero-order valence-corrected chi connectivity index (χ0v) is 31.9. The van der Waals surface area contributed by atoms with Gasteiger partial charge < -0.3 is 37.1 Å². The number of aryl methyl sites for hydroxylation is 2. The first-order valence-corrected chi connectivity index (χ1v) is 13.9. The molecular weight excluding hydrogens is 746 g/mol. The summed E-state index contributed by atoms with van der Waals surface area (Å²) in [7, 11) is -4.67.